The molecule has 1 fully saturated rings. The molecule has 1 N–H and O–H groups in total. The van der Waals surface area contributed by atoms with Crippen molar-refractivity contribution in [2.24, 2.45) is 0 Å². The van der Waals surface area contributed by atoms with Crippen LogP contribution in [0.1, 0.15) is 12.8 Å². The summed E-state index contributed by atoms with van der Waals surface area (Å²) in [5.41, 5.74) is 0. The first kappa shape index (κ1) is 8.70. The lowest BCUT2D eigenvalue weighted by atomic mass is 10.4. The zero-order valence-corrected chi connectivity index (χ0v) is 5.76. The predicted octanol–water partition coefficient (Wildman–Crippen LogP) is 0.592. The van der Waals surface area contributed by atoms with Crippen molar-refractivity contribution in [3.8, 4) is 6.07 Å². The molecule has 0 aromatic heterocycles. The average Bonchev–Trinajstić information content (AvgIpc) is 2.40. The van der Waals surface area contributed by atoms with Crippen molar-refractivity contribution in [3.05, 3.63) is 12.7 Å². The first-order chi connectivity index (χ1) is 4.81. The van der Waals surface area contributed by atoms with Gasteiger partial charge in [-0.15, -0.1) is 0 Å². The van der Waals surface area contributed by atoms with Gasteiger partial charge in [-0.1, -0.05) is 6.58 Å². The van der Waals surface area contributed by atoms with Gasteiger partial charge in [0.2, 0.25) is 5.91 Å². The topological polar surface area (TPSA) is 52.9 Å². The van der Waals surface area contributed by atoms with Crippen LogP contribution in [-0.2, 0) is 4.79 Å². The Kier molecular flexibility index (Phi) is 5.07. The van der Waals surface area contributed by atoms with Crippen LogP contribution in [0.2, 0.25) is 0 Å². The number of allylic oxidation sites excluding steroid dienone is 1. The van der Waals surface area contributed by atoms with Crippen molar-refractivity contribution in [2.75, 3.05) is 6.54 Å². The second kappa shape index (κ2) is 5.83. The SMILES string of the molecule is C=CC#N.O=C1CCCN1. The Bertz CT molecular complexity index is 149. The zero-order valence-electron chi connectivity index (χ0n) is 5.76. The van der Waals surface area contributed by atoms with Crippen molar-refractivity contribution in [1.29, 1.82) is 5.26 Å². The Labute approximate surface area is 60.3 Å². The highest BCUT2D eigenvalue weighted by Gasteiger charge is 2.05. The lowest BCUT2D eigenvalue weighted by Gasteiger charge is -1.80. The Hall–Kier alpha value is -1.30. The van der Waals surface area contributed by atoms with E-state index < -0.39 is 0 Å². The molecule has 1 aliphatic rings. The van der Waals surface area contributed by atoms with Crippen molar-refractivity contribution in [3.63, 3.8) is 0 Å². The van der Waals surface area contributed by atoms with Gasteiger partial charge in [0.25, 0.3) is 0 Å². The average molecular weight is 138 g/mol. The molecular weight excluding hydrogens is 128 g/mol. The first-order valence-corrected chi connectivity index (χ1v) is 3.08. The molecule has 0 aromatic carbocycles. The smallest absolute Gasteiger partial charge is 0.220 e. The van der Waals surface area contributed by atoms with E-state index in [0.717, 1.165) is 19.4 Å². The molecule has 3 nitrogen and oxygen atoms in total. The maximum Gasteiger partial charge on any atom is 0.220 e. The van der Waals surface area contributed by atoms with Crippen molar-refractivity contribution < 1.29 is 4.79 Å². The first-order valence-electron chi connectivity index (χ1n) is 3.08. The number of rotatable bonds is 0. The second-order valence-corrected chi connectivity index (χ2v) is 1.79. The third kappa shape index (κ3) is 4.85. The van der Waals surface area contributed by atoms with E-state index in [0.29, 0.717) is 0 Å². The fourth-order valence-corrected chi connectivity index (χ4v) is 0.565. The van der Waals surface area contributed by atoms with Crippen LogP contribution in [-0.4, -0.2) is 12.5 Å². The number of carbonyl (C=O) groups excluding carboxylic acids is 1. The molecule has 0 aromatic rings. The van der Waals surface area contributed by atoms with Crippen LogP contribution in [0.3, 0.4) is 0 Å². The van der Waals surface area contributed by atoms with Crippen molar-refractivity contribution in [2.45, 2.75) is 12.8 Å². The highest BCUT2D eigenvalue weighted by molar-refractivity contribution is 5.77. The van der Waals surface area contributed by atoms with Crippen LogP contribution < -0.4 is 5.32 Å². The van der Waals surface area contributed by atoms with Gasteiger partial charge in [0.05, 0.1) is 6.07 Å². The van der Waals surface area contributed by atoms with Crippen LogP contribution in [0.15, 0.2) is 12.7 Å². The molecule has 1 aliphatic heterocycles. The highest BCUT2D eigenvalue weighted by atomic mass is 16.1. The molecule has 54 valence electrons. The quantitative estimate of drug-likeness (QED) is 0.498. The van der Waals surface area contributed by atoms with Crippen LogP contribution >= 0.6 is 0 Å². The summed E-state index contributed by atoms with van der Waals surface area (Å²) in [5.74, 6) is 0.204. The lowest BCUT2D eigenvalue weighted by Crippen LogP contribution is -2.12. The van der Waals surface area contributed by atoms with Crippen LogP contribution in [0.5, 0.6) is 0 Å². The summed E-state index contributed by atoms with van der Waals surface area (Å²) < 4.78 is 0. The number of nitriles is 1. The van der Waals surface area contributed by atoms with Gasteiger partial charge < -0.3 is 5.32 Å². The van der Waals surface area contributed by atoms with Gasteiger partial charge in [-0.3, -0.25) is 4.79 Å². The number of carbonyl (C=O) groups is 1. The van der Waals surface area contributed by atoms with Crippen molar-refractivity contribution >= 4 is 5.91 Å². The molecular formula is C7H10N2O. The Balaban J connectivity index is 0.000000180. The molecule has 0 radical (unpaired) electrons. The maximum atomic E-state index is 10.1. The second-order valence-electron chi connectivity index (χ2n) is 1.79. The maximum absolute atomic E-state index is 10.1. The molecule has 1 rings (SSSR count). The minimum Gasteiger partial charge on any atom is -0.356 e. The van der Waals surface area contributed by atoms with E-state index in [2.05, 4.69) is 11.9 Å². The minimum absolute atomic E-state index is 0.204. The summed E-state index contributed by atoms with van der Waals surface area (Å²) in [6.07, 6.45) is 2.94. The number of nitrogens with one attached hydrogen (secondary N) is 1. The summed E-state index contributed by atoms with van der Waals surface area (Å²) in [4.78, 5) is 10.1. The molecule has 0 atom stereocenters. The van der Waals surface area contributed by atoms with E-state index >= 15 is 0 Å². The highest BCUT2D eigenvalue weighted by Crippen LogP contribution is 1.93. The third-order valence-corrected chi connectivity index (χ3v) is 0.994. The molecule has 10 heavy (non-hydrogen) atoms. The van der Waals surface area contributed by atoms with E-state index in [9.17, 15) is 4.79 Å². The van der Waals surface area contributed by atoms with Crippen LogP contribution in [0.25, 0.3) is 0 Å². The van der Waals surface area contributed by atoms with E-state index in [-0.39, 0.29) is 5.91 Å². The minimum atomic E-state index is 0.204. The molecule has 0 bridgehead atoms. The number of hydrogen-bond donors (Lipinski definition) is 1. The Morgan fingerprint density at radius 2 is 2.40 bits per heavy atom. The van der Waals surface area contributed by atoms with Gasteiger partial charge in [-0.25, -0.2) is 0 Å². The lowest BCUT2D eigenvalue weighted by molar-refractivity contribution is -0.119. The van der Waals surface area contributed by atoms with Gasteiger partial charge in [0.15, 0.2) is 0 Å². The van der Waals surface area contributed by atoms with E-state index in [1.807, 2.05) is 0 Å². The van der Waals surface area contributed by atoms with E-state index in [4.69, 9.17) is 5.26 Å². The predicted molar refractivity (Wildman–Crippen MR) is 38.1 cm³/mol. The van der Waals surface area contributed by atoms with Gasteiger partial charge in [0, 0.05) is 19.0 Å². The van der Waals surface area contributed by atoms with Gasteiger partial charge >= 0.3 is 0 Å². The normalized spacial score (nSPS) is 14.1. The number of nitrogens with zero attached hydrogens (tertiary/aromatic N) is 1. The molecule has 3 heteroatoms. The summed E-state index contributed by atoms with van der Waals surface area (Å²) in [6.45, 7) is 4.01. The van der Waals surface area contributed by atoms with E-state index in [1.165, 1.54) is 6.08 Å². The molecule has 0 spiro atoms. The molecule has 1 amide bonds. The van der Waals surface area contributed by atoms with Gasteiger partial charge in [-0.2, -0.15) is 5.26 Å². The summed E-state index contributed by atoms with van der Waals surface area (Å²) in [5, 5.41) is 10.2. The number of hydrogen-bond acceptors (Lipinski definition) is 2. The zero-order chi connectivity index (χ0) is 7.82. The Morgan fingerprint density at radius 3 is 2.50 bits per heavy atom. The molecule has 0 saturated carbocycles. The molecule has 0 aliphatic carbocycles. The van der Waals surface area contributed by atoms with Gasteiger partial charge in [0.1, 0.15) is 0 Å². The summed E-state index contributed by atoms with van der Waals surface area (Å²) in [7, 11) is 0. The third-order valence-electron chi connectivity index (χ3n) is 0.994. The molecule has 1 heterocycles. The monoisotopic (exact) mass is 138 g/mol. The van der Waals surface area contributed by atoms with Gasteiger partial charge in [-0.05, 0) is 6.42 Å². The number of amides is 1. The van der Waals surface area contributed by atoms with Crippen LogP contribution in [0, 0.1) is 11.3 Å². The largest absolute Gasteiger partial charge is 0.356 e. The standard InChI is InChI=1S/C4H7NO.C3H3N/c6-4-2-1-3-5-4;1-2-3-4/h1-3H2,(H,5,6);2H,1H2. The fraction of sp³-hybridized carbons (Fsp3) is 0.429. The summed E-state index contributed by atoms with van der Waals surface area (Å²) >= 11 is 0. The Morgan fingerprint density at radius 1 is 1.80 bits per heavy atom. The fourth-order valence-electron chi connectivity index (χ4n) is 0.565. The molecule has 0 unspecified atom stereocenters. The van der Waals surface area contributed by atoms with Crippen molar-refractivity contribution in [1.82, 2.24) is 5.32 Å². The van der Waals surface area contributed by atoms with Crippen LogP contribution in [0.4, 0.5) is 0 Å². The molecule has 1 saturated heterocycles. The summed E-state index contributed by atoms with van der Waals surface area (Å²) in [6, 6.07) is 1.69. The van der Waals surface area contributed by atoms with E-state index in [1.54, 1.807) is 6.07 Å².